The van der Waals surface area contributed by atoms with Gasteiger partial charge in [0.15, 0.2) is 0 Å². The van der Waals surface area contributed by atoms with Crippen molar-refractivity contribution < 1.29 is 14.4 Å². The van der Waals surface area contributed by atoms with Gasteiger partial charge < -0.3 is 10.2 Å². The zero-order chi connectivity index (χ0) is 17.5. The third-order valence-electron chi connectivity index (χ3n) is 4.39. The van der Waals surface area contributed by atoms with Crippen LogP contribution in [0.2, 0.25) is 0 Å². The van der Waals surface area contributed by atoms with Crippen LogP contribution in [0.1, 0.15) is 24.5 Å². The molecule has 0 spiro atoms. The second kappa shape index (κ2) is 9.11. The van der Waals surface area contributed by atoms with Crippen LogP contribution in [0, 0.1) is 12.8 Å². The van der Waals surface area contributed by atoms with Crippen LogP contribution in [0.15, 0.2) is 59.5 Å². The van der Waals surface area contributed by atoms with Gasteiger partial charge >= 0.3 is 0 Å². The molecule has 0 unspecified atom stereocenters. The fraction of sp³-hybridized carbons (Fsp3) is 0.400. The molecule has 2 aromatic rings. The number of aryl methyl sites for hydroxylation is 2. The molecule has 0 amide bonds. The molecule has 2 N–H and O–H groups in total. The van der Waals surface area contributed by atoms with Crippen molar-refractivity contribution in [3.63, 3.8) is 0 Å². The van der Waals surface area contributed by atoms with Crippen LogP contribution in [-0.2, 0) is 17.2 Å². The molecule has 0 fully saturated rings. The van der Waals surface area contributed by atoms with E-state index in [9.17, 15) is 14.4 Å². The highest BCUT2D eigenvalue weighted by molar-refractivity contribution is 7.85. The van der Waals surface area contributed by atoms with Crippen molar-refractivity contribution in [3.05, 3.63) is 65.7 Å². The van der Waals surface area contributed by atoms with Crippen LogP contribution in [-0.4, -0.2) is 32.4 Å². The molecule has 3 nitrogen and oxygen atoms in total. The lowest BCUT2D eigenvalue weighted by molar-refractivity contribution is 0.0292. The number of aliphatic hydroxyl groups is 2. The normalized spacial score (nSPS) is 16.3. The molecule has 4 heteroatoms. The first-order valence-electron chi connectivity index (χ1n) is 8.32. The molecule has 2 rings (SSSR count). The summed E-state index contributed by atoms with van der Waals surface area (Å²) in [4.78, 5) is 0.714. The minimum atomic E-state index is -1.26. The summed E-state index contributed by atoms with van der Waals surface area (Å²) in [6.45, 7) is 3.79. The molecule has 0 saturated heterocycles. The van der Waals surface area contributed by atoms with Gasteiger partial charge in [-0.1, -0.05) is 55.0 Å². The van der Waals surface area contributed by atoms with Crippen molar-refractivity contribution in [2.75, 3.05) is 5.75 Å². The lowest BCUT2D eigenvalue weighted by atomic mass is 9.94. The molecular formula is C20H26O3S. The maximum absolute atomic E-state index is 12.3. The minimum absolute atomic E-state index is 0.145. The molecule has 0 aliphatic carbocycles. The predicted molar refractivity (Wildman–Crippen MR) is 98.4 cm³/mol. The van der Waals surface area contributed by atoms with Gasteiger partial charge in [0.05, 0.1) is 28.8 Å². The van der Waals surface area contributed by atoms with Crippen LogP contribution in [0.3, 0.4) is 0 Å². The summed E-state index contributed by atoms with van der Waals surface area (Å²) >= 11 is 0. The van der Waals surface area contributed by atoms with Crippen molar-refractivity contribution in [2.45, 2.75) is 43.8 Å². The molecular weight excluding hydrogens is 320 g/mol. The average Bonchev–Trinajstić information content (AvgIpc) is 2.60. The van der Waals surface area contributed by atoms with Crippen LogP contribution >= 0.6 is 0 Å². The molecule has 0 saturated carbocycles. The second-order valence-corrected chi connectivity index (χ2v) is 7.84. The smallest absolute Gasteiger partial charge is 0.0709 e. The number of benzene rings is 2. The quantitative estimate of drug-likeness (QED) is 0.772. The summed E-state index contributed by atoms with van der Waals surface area (Å²) < 4.78 is 12.3. The summed E-state index contributed by atoms with van der Waals surface area (Å²) in [5.41, 5.74) is 2.28. The highest BCUT2D eigenvalue weighted by atomic mass is 32.2. The van der Waals surface area contributed by atoms with E-state index < -0.39 is 23.0 Å². The highest BCUT2D eigenvalue weighted by Crippen LogP contribution is 2.18. The van der Waals surface area contributed by atoms with E-state index in [1.54, 1.807) is 0 Å². The van der Waals surface area contributed by atoms with Crippen LogP contribution < -0.4 is 0 Å². The van der Waals surface area contributed by atoms with E-state index in [4.69, 9.17) is 0 Å². The fourth-order valence-corrected chi connectivity index (χ4v) is 3.82. The van der Waals surface area contributed by atoms with Gasteiger partial charge in [-0.25, -0.2) is 0 Å². The Kier molecular flexibility index (Phi) is 7.16. The van der Waals surface area contributed by atoms with Gasteiger partial charge in [0.25, 0.3) is 0 Å². The Balaban J connectivity index is 1.85. The van der Waals surface area contributed by atoms with E-state index in [0.717, 1.165) is 12.0 Å². The van der Waals surface area contributed by atoms with Crippen LogP contribution in [0.4, 0.5) is 0 Å². The van der Waals surface area contributed by atoms with Crippen LogP contribution in [0.25, 0.3) is 0 Å². The molecule has 0 radical (unpaired) electrons. The van der Waals surface area contributed by atoms with Crippen molar-refractivity contribution >= 4 is 10.8 Å². The molecule has 0 aliphatic rings. The Morgan fingerprint density at radius 1 is 0.958 bits per heavy atom. The van der Waals surface area contributed by atoms with E-state index in [0.29, 0.717) is 11.3 Å². The van der Waals surface area contributed by atoms with Gasteiger partial charge in [-0.15, -0.1) is 0 Å². The van der Waals surface area contributed by atoms with Gasteiger partial charge in [0, 0.05) is 10.8 Å². The van der Waals surface area contributed by atoms with Gasteiger partial charge in [0.1, 0.15) is 0 Å². The Morgan fingerprint density at radius 2 is 1.58 bits per heavy atom. The van der Waals surface area contributed by atoms with Crippen molar-refractivity contribution in [3.8, 4) is 0 Å². The maximum atomic E-state index is 12.3. The van der Waals surface area contributed by atoms with Gasteiger partial charge in [-0.2, -0.15) is 0 Å². The maximum Gasteiger partial charge on any atom is 0.0709 e. The zero-order valence-electron chi connectivity index (χ0n) is 14.3. The summed E-state index contributed by atoms with van der Waals surface area (Å²) in [5, 5.41) is 20.6. The zero-order valence-corrected chi connectivity index (χ0v) is 15.1. The highest BCUT2D eigenvalue weighted by Gasteiger charge is 2.24. The van der Waals surface area contributed by atoms with Gasteiger partial charge in [0.2, 0.25) is 0 Å². The van der Waals surface area contributed by atoms with E-state index in [1.807, 2.05) is 68.4 Å². The second-order valence-electron chi connectivity index (χ2n) is 6.34. The number of hydrogen-bond donors (Lipinski definition) is 2. The average molecular weight is 346 g/mol. The Morgan fingerprint density at radius 3 is 2.21 bits per heavy atom. The van der Waals surface area contributed by atoms with E-state index >= 15 is 0 Å². The standard InChI is InChI=1S/C20H26O3S/c1-15-8-11-18(12-9-15)24(23)14-20(22)16(2)19(21)13-10-17-6-4-3-5-7-17/h3-9,11-12,16,19-22H,10,13-14H2,1-2H3/t16-,19-,20+,24-/m1/s1. The summed E-state index contributed by atoms with van der Waals surface area (Å²) in [6.07, 6.45) is -0.0624. The topological polar surface area (TPSA) is 57.5 Å². The summed E-state index contributed by atoms with van der Waals surface area (Å²) in [5.74, 6) is -0.171. The molecule has 2 aromatic carbocycles. The summed E-state index contributed by atoms with van der Waals surface area (Å²) in [7, 11) is -1.26. The molecule has 0 aliphatic heterocycles. The molecule has 0 aromatic heterocycles. The Hall–Kier alpha value is -1.49. The molecule has 4 atom stereocenters. The first kappa shape index (κ1) is 18.8. The van der Waals surface area contributed by atoms with E-state index in [1.165, 1.54) is 5.56 Å². The Labute approximate surface area is 146 Å². The number of rotatable bonds is 8. The fourth-order valence-electron chi connectivity index (χ4n) is 2.57. The van der Waals surface area contributed by atoms with Crippen LogP contribution in [0.5, 0.6) is 0 Å². The first-order valence-corrected chi connectivity index (χ1v) is 9.64. The third-order valence-corrected chi connectivity index (χ3v) is 5.83. The predicted octanol–water partition coefficient (Wildman–Crippen LogP) is 3.09. The Bertz CT molecular complexity index is 640. The van der Waals surface area contributed by atoms with E-state index in [-0.39, 0.29) is 11.7 Å². The minimum Gasteiger partial charge on any atom is -0.393 e. The lowest BCUT2D eigenvalue weighted by Gasteiger charge is -2.24. The third kappa shape index (κ3) is 5.55. The first-order chi connectivity index (χ1) is 11.5. The number of hydrogen-bond acceptors (Lipinski definition) is 3. The molecule has 130 valence electrons. The summed E-state index contributed by atoms with van der Waals surface area (Å²) in [6, 6.07) is 17.5. The van der Waals surface area contributed by atoms with E-state index in [2.05, 4.69) is 0 Å². The van der Waals surface area contributed by atoms with Crippen molar-refractivity contribution in [1.29, 1.82) is 0 Å². The van der Waals surface area contributed by atoms with Gasteiger partial charge in [-0.05, 0) is 37.5 Å². The SMILES string of the molecule is Cc1ccc([S@](=O)C[C@H](O)[C@H](C)[C@H](O)CCc2ccccc2)cc1. The number of aliphatic hydroxyl groups excluding tert-OH is 2. The van der Waals surface area contributed by atoms with Crippen molar-refractivity contribution in [2.24, 2.45) is 5.92 Å². The monoisotopic (exact) mass is 346 g/mol. The molecule has 0 bridgehead atoms. The lowest BCUT2D eigenvalue weighted by Crippen LogP contribution is -2.33. The van der Waals surface area contributed by atoms with Gasteiger partial charge in [-0.3, -0.25) is 4.21 Å². The largest absolute Gasteiger partial charge is 0.393 e. The van der Waals surface area contributed by atoms with Crippen molar-refractivity contribution in [1.82, 2.24) is 0 Å². The molecule has 0 heterocycles. The molecule has 24 heavy (non-hydrogen) atoms.